The lowest BCUT2D eigenvalue weighted by atomic mass is 10.4. The van der Waals surface area contributed by atoms with Crippen LogP contribution in [-0.2, 0) is 0 Å². The van der Waals surface area contributed by atoms with Crippen molar-refractivity contribution >= 4 is 27.0 Å². The van der Waals surface area contributed by atoms with Gasteiger partial charge in [0.25, 0.3) is 0 Å². The third-order valence-corrected chi connectivity index (χ3v) is 1.42. The molecule has 1 aromatic heterocycles. The lowest BCUT2D eigenvalue weighted by Gasteiger charge is -1.78. The van der Waals surface area contributed by atoms with E-state index < -0.39 is 0 Å². The largest absolute Gasteiger partial charge is 0.464 e. The topological polar surface area (TPSA) is 13.1 Å². The van der Waals surface area contributed by atoms with Gasteiger partial charge in [-0.05, 0) is 13.0 Å². The lowest BCUT2D eigenvalue weighted by molar-refractivity contribution is 0.530. The van der Waals surface area contributed by atoms with Gasteiger partial charge in [0.2, 0.25) is 0 Å². The number of hydrogen-bond acceptors (Lipinski definition) is 1. The van der Waals surface area contributed by atoms with Gasteiger partial charge in [-0.1, -0.05) is 22.5 Å². The van der Waals surface area contributed by atoms with Crippen LogP contribution in [0.4, 0.5) is 0 Å². The van der Waals surface area contributed by atoms with Crippen molar-refractivity contribution in [1.82, 2.24) is 0 Å². The van der Waals surface area contributed by atoms with Crippen LogP contribution in [0.3, 0.4) is 0 Å². The Morgan fingerprint density at radius 2 is 2.44 bits per heavy atom. The van der Waals surface area contributed by atoms with Gasteiger partial charge in [-0.15, -0.1) is 0 Å². The molecular formula is C7H7BrO. The molecule has 0 unspecified atom stereocenters. The zero-order chi connectivity index (χ0) is 6.85. The summed E-state index contributed by atoms with van der Waals surface area (Å²) in [5, 5.41) is 0.921. The zero-order valence-corrected chi connectivity index (χ0v) is 6.73. The Morgan fingerprint density at radius 3 is 2.67 bits per heavy atom. The molecule has 2 heteroatoms. The van der Waals surface area contributed by atoms with E-state index in [1.807, 2.05) is 13.0 Å². The smallest absolute Gasteiger partial charge is 0.143 e. The van der Waals surface area contributed by atoms with E-state index >= 15 is 0 Å². The Hall–Kier alpha value is -0.500. The van der Waals surface area contributed by atoms with Crippen LogP contribution >= 0.6 is 15.9 Å². The van der Waals surface area contributed by atoms with Crippen molar-refractivity contribution in [3.05, 3.63) is 23.0 Å². The molecule has 0 aliphatic carbocycles. The third-order valence-electron chi connectivity index (χ3n) is 1.06. The average molecular weight is 187 g/mol. The molecule has 0 aliphatic heterocycles. The molecule has 0 amide bonds. The van der Waals surface area contributed by atoms with Gasteiger partial charge in [-0.3, -0.25) is 0 Å². The Balaban J connectivity index is 3.60. The van der Waals surface area contributed by atoms with E-state index in [9.17, 15) is 0 Å². The van der Waals surface area contributed by atoms with Crippen molar-refractivity contribution in [1.29, 1.82) is 0 Å². The molecular weight excluding hydrogens is 180 g/mol. The van der Waals surface area contributed by atoms with E-state index in [0.717, 1.165) is 15.1 Å². The molecule has 0 atom stereocenters. The molecule has 0 N–H and O–H groups in total. The minimum absolute atomic E-state index is 0.829. The first kappa shape index (κ1) is 6.62. The lowest BCUT2D eigenvalue weighted by Crippen LogP contribution is -2.17. The summed E-state index contributed by atoms with van der Waals surface area (Å²) in [7, 11) is 0. The van der Waals surface area contributed by atoms with Crippen LogP contribution in [0, 0.1) is 0 Å². The molecule has 1 nitrogen and oxygen atoms in total. The van der Waals surface area contributed by atoms with Crippen LogP contribution < -0.4 is 10.6 Å². The summed E-state index contributed by atoms with van der Waals surface area (Å²) in [6.07, 6.45) is 1.63. The summed E-state index contributed by atoms with van der Waals surface area (Å²) in [6, 6.07) is 1.83. The van der Waals surface area contributed by atoms with E-state index in [-0.39, 0.29) is 0 Å². The highest BCUT2D eigenvalue weighted by molar-refractivity contribution is 9.14. The number of hydrogen-bond donors (Lipinski definition) is 0. The Kier molecular flexibility index (Phi) is 1.76. The fourth-order valence-corrected chi connectivity index (χ4v) is 0.986. The zero-order valence-electron chi connectivity index (χ0n) is 5.15. The first-order valence-electron chi connectivity index (χ1n) is 2.60. The van der Waals surface area contributed by atoms with Crippen LogP contribution in [0.25, 0.3) is 11.1 Å². The molecule has 0 radical (unpaired) electrons. The predicted octanol–water partition coefficient (Wildman–Crippen LogP) is 1.21. The van der Waals surface area contributed by atoms with Gasteiger partial charge < -0.3 is 4.42 Å². The van der Waals surface area contributed by atoms with Crippen LogP contribution in [0.5, 0.6) is 0 Å². The van der Waals surface area contributed by atoms with Crippen molar-refractivity contribution in [2.24, 2.45) is 0 Å². The SMILES string of the molecule is C=c1cco/c1=C(/C)Br. The predicted molar refractivity (Wildman–Crippen MR) is 41.5 cm³/mol. The minimum Gasteiger partial charge on any atom is -0.464 e. The summed E-state index contributed by atoms with van der Waals surface area (Å²) >= 11 is 3.30. The van der Waals surface area contributed by atoms with Gasteiger partial charge >= 0.3 is 0 Å². The molecule has 1 heterocycles. The van der Waals surface area contributed by atoms with Gasteiger partial charge in [0, 0.05) is 9.70 Å². The maximum atomic E-state index is 5.08. The molecule has 0 saturated carbocycles. The normalized spacial score (nSPS) is 13.6. The van der Waals surface area contributed by atoms with Crippen LogP contribution in [0.15, 0.2) is 16.7 Å². The van der Waals surface area contributed by atoms with E-state index in [0.29, 0.717) is 0 Å². The molecule has 0 fully saturated rings. The summed E-state index contributed by atoms with van der Waals surface area (Å²) in [4.78, 5) is 0. The summed E-state index contributed by atoms with van der Waals surface area (Å²) < 4.78 is 6.06. The average Bonchev–Trinajstić information content (AvgIpc) is 2.13. The highest BCUT2D eigenvalue weighted by Gasteiger charge is 1.87. The molecule has 0 bridgehead atoms. The molecule has 48 valence electrons. The van der Waals surface area contributed by atoms with E-state index in [2.05, 4.69) is 22.5 Å². The fraction of sp³-hybridized carbons (Fsp3) is 0.143. The fourth-order valence-electron chi connectivity index (χ4n) is 0.638. The first-order chi connectivity index (χ1) is 4.22. The summed E-state index contributed by atoms with van der Waals surface area (Å²) in [5.41, 5.74) is 0.829. The monoisotopic (exact) mass is 186 g/mol. The first-order valence-corrected chi connectivity index (χ1v) is 3.40. The van der Waals surface area contributed by atoms with Crippen molar-refractivity contribution in [2.75, 3.05) is 0 Å². The molecule has 0 saturated heterocycles. The Morgan fingerprint density at radius 1 is 1.78 bits per heavy atom. The van der Waals surface area contributed by atoms with E-state index in [1.54, 1.807) is 6.26 Å². The molecule has 0 aromatic carbocycles. The Labute approximate surface area is 61.8 Å². The van der Waals surface area contributed by atoms with Gasteiger partial charge in [-0.2, -0.15) is 0 Å². The summed E-state index contributed by atoms with van der Waals surface area (Å²) in [5.74, 6) is 0. The molecule has 0 spiro atoms. The second kappa shape index (κ2) is 2.40. The minimum atomic E-state index is 0.829. The molecule has 1 rings (SSSR count). The van der Waals surface area contributed by atoms with Crippen molar-refractivity contribution < 1.29 is 4.42 Å². The Bertz CT molecular complexity index is 293. The van der Waals surface area contributed by atoms with Crippen molar-refractivity contribution in [3.63, 3.8) is 0 Å². The quantitative estimate of drug-likeness (QED) is 0.595. The van der Waals surface area contributed by atoms with Gasteiger partial charge in [0.05, 0.1) is 6.26 Å². The summed E-state index contributed by atoms with van der Waals surface area (Å²) in [6.45, 7) is 5.68. The van der Waals surface area contributed by atoms with Gasteiger partial charge in [0.15, 0.2) is 0 Å². The number of furan rings is 1. The second-order valence-corrected chi connectivity index (χ2v) is 3.00. The van der Waals surface area contributed by atoms with Crippen molar-refractivity contribution in [2.45, 2.75) is 6.92 Å². The second-order valence-electron chi connectivity index (χ2n) is 1.81. The van der Waals surface area contributed by atoms with Gasteiger partial charge in [-0.25, -0.2) is 0 Å². The highest BCUT2D eigenvalue weighted by Crippen LogP contribution is 1.97. The molecule has 1 aromatic rings. The standard InChI is InChI=1S/C7H7BrO/c1-5-3-4-9-7(5)6(2)8/h3-4H,1H2,2H3/b7-6-. The number of rotatable bonds is 0. The van der Waals surface area contributed by atoms with E-state index in [1.165, 1.54) is 0 Å². The number of halogens is 1. The van der Waals surface area contributed by atoms with Crippen molar-refractivity contribution in [3.8, 4) is 0 Å². The third kappa shape index (κ3) is 1.24. The molecule has 9 heavy (non-hydrogen) atoms. The maximum Gasteiger partial charge on any atom is 0.143 e. The van der Waals surface area contributed by atoms with Crippen LogP contribution in [0.1, 0.15) is 6.92 Å². The highest BCUT2D eigenvalue weighted by atomic mass is 79.9. The molecule has 0 aliphatic rings. The maximum absolute atomic E-state index is 5.08. The van der Waals surface area contributed by atoms with E-state index in [4.69, 9.17) is 4.42 Å². The van der Waals surface area contributed by atoms with Gasteiger partial charge in [0.1, 0.15) is 5.42 Å². The van der Waals surface area contributed by atoms with Crippen LogP contribution in [-0.4, -0.2) is 0 Å². The van der Waals surface area contributed by atoms with Crippen LogP contribution in [0.2, 0.25) is 0 Å².